The Morgan fingerprint density at radius 3 is 3.00 bits per heavy atom. The summed E-state index contributed by atoms with van der Waals surface area (Å²) >= 11 is 0. The van der Waals surface area contributed by atoms with Gasteiger partial charge in [-0.2, -0.15) is 0 Å². The number of rotatable bonds is 2. The van der Waals surface area contributed by atoms with E-state index in [1.165, 1.54) is 16.7 Å². The molecule has 0 amide bonds. The highest BCUT2D eigenvalue weighted by Gasteiger charge is 2.09. The van der Waals surface area contributed by atoms with Crippen molar-refractivity contribution in [1.82, 2.24) is 0 Å². The highest BCUT2D eigenvalue weighted by molar-refractivity contribution is 5.80. The molecule has 0 nitrogen and oxygen atoms in total. The van der Waals surface area contributed by atoms with Crippen molar-refractivity contribution in [3.8, 4) is 12.3 Å². The first-order chi connectivity index (χ1) is 7.31. The zero-order chi connectivity index (χ0) is 10.7. The van der Waals surface area contributed by atoms with Crippen molar-refractivity contribution < 1.29 is 0 Å². The van der Waals surface area contributed by atoms with E-state index in [1.54, 1.807) is 0 Å². The SMILES string of the molecule is C#CC(=C)/C=C\C1=CCc2ccccc21. The van der Waals surface area contributed by atoms with Crippen LogP contribution >= 0.6 is 0 Å². The van der Waals surface area contributed by atoms with Gasteiger partial charge in [0, 0.05) is 5.57 Å². The Hall–Kier alpha value is -2.00. The molecule has 0 heteroatoms. The van der Waals surface area contributed by atoms with E-state index in [4.69, 9.17) is 6.42 Å². The van der Waals surface area contributed by atoms with E-state index in [2.05, 4.69) is 42.8 Å². The average Bonchev–Trinajstić information content (AvgIpc) is 2.69. The normalized spacial score (nSPS) is 13.4. The van der Waals surface area contributed by atoms with Crippen molar-refractivity contribution in [2.24, 2.45) is 0 Å². The minimum Gasteiger partial charge on any atom is -0.115 e. The minimum atomic E-state index is 0.709. The predicted octanol–water partition coefficient (Wildman–Crippen LogP) is 3.37. The third kappa shape index (κ3) is 1.92. The molecule has 0 fully saturated rings. The van der Waals surface area contributed by atoms with E-state index >= 15 is 0 Å². The largest absolute Gasteiger partial charge is 0.115 e. The molecular formula is C15H12. The van der Waals surface area contributed by atoms with Gasteiger partial charge in [-0.15, -0.1) is 6.42 Å². The Bertz CT molecular complexity index is 493. The third-order valence-corrected chi connectivity index (χ3v) is 2.52. The molecule has 0 unspecified atom stereocenters. The number of hydrogen-bond acceptors (Lipinski definition) is 0. The van der Waals surface area contributed by atoms with Crippen LogP contribution in [0.15, 0.2) is 54.6 Å². The molecule has 0 aliphatic heterocycles. The molecule has 0 spiro atoms. The van der Waals surface area contributed by atoms with Gasteiger partial charge in [0.2, 0.25) is 0 Å². The maximum atomic E-state index is 5.23. The van der Waals surface area contributed by atoms with Crippen LogP contribution in [0.4, 0.5) is 0 Å². The fraction of sp³-hybridized carbons (Fsp3) is 0.0667. The third-order valence-electron chi connectivity index (χ3n) is 2.52. The van der Waals surface area contributed by atoms with E-state index < -0.39 is 0 Å². The molecule has 1 aromatic carbocycles. The van der Waals surface area contributed by atoms with Gasteiger partial charge in [0.15, 0.2) is 0 Å². The highest BCUT2D eigenvalue weighted by atomic mass is 14.1. The first kappa shape index (κ1) is 9.55. The van der Waals surface area contributed by atoms with Gasteiger partial charge < -0.3 is 0 Å². The van der Waals surface area contributed by atoms with E-state index in [0.717, 1.165) is 6.42 Å². The van der Waals surface area contributed by atoms with Crippen LogP contribution in [0, 0.1) is 12.3 Å². The van der Waals surface area contributed by atoms with Crippen LogP contribution in [-0.2, 0) is 6.42 Å². The summed E-state index contributed by atoms with van der Waals surface area (Å²) in [6, 6.07) is 8.42. The summed E-state index contributed by atoms with van der Waals surface area (Å²) in [6.45, 7) is 3.74. The molecular weight excluding hydrogens is 180 g/mol. The van der Waals surface area contributed by atoms with Gasteiger partial charge in [-0.25, -0.2) is 0 Å². The summed E-state index contributed by atoms with van der Waals surface area (Å²) in [4.78, 5) is 0. The van der Waals surface area contributed by atoms with Crippen molar-refractivity contribution in [2.75, 3.05) is 0 Å². The van der Waals surface area contributed by atoms with Gasteiger partial charge in [-0.05, 0) is 29.2 Å². The summed E-state index contributed by atoms with van der Waals surface area (Å²) in [5.41, 5.74) is 4.63. The number of hydrogen-bond donors (Lipinski definition) is 0. The molecule has 0 heterocycles. The predicted molar refractivity (Wildman–Crippen MR) is 65.2 cm³/mol. The second-order valence-corrected chi connectivity index (χ2v) is 3.52. The average molecular weight is 192 g/mol. The molecule has 2 rings (SSSR count). The molecule has 0 radical (unpaired) electrons. The second-order valence-electron chi connectivity index (χ2n) is 3.52. The van der Waals surface area contributed by atoms with Crippen LogP contribution in [0.5, 0.6) is 0 Å². The Morgan fingerprint density at radius 2 is 2.20 bits per heavy atom. The summed E-state index contributed by atoms with van der Waals surface area (Å²) < 4.78 is 0. The van der Waals surface area contributed by atoms with Gasteiger partial charge in [0.25, 0.3) is 0 Å². The lowest BCUT2D eigenvalue weighted by Gasteiger charge is -1.99. The minimum absolute atomic E-state index is 0.709. The summed E-state index contributed by atoms with van der Waals surface area (Å²) in [5.74, 6) is 2.50. The lowest BCUT2D eigenvalue weighted by Crippen LogP contribution is -1.81. The number of fused-ring (bicyclic) bond motifs is 1. The first-order valence-corrected chi connectivity index (χ1v) is 4.93. The highest BCUT2D eigenvalue weighted by Crippen LogP contribution is 2.27. The Kier molecular flexibility index (Phi) is 2.56. The molecule has 1 aromatic rings. The van der Waals surface area contributed by atoms with Gasteiger partial charge in [-0.3, -0.25) is 0 Å². The van der Waals surface area contributed by atoms with Crippen LogP contribution in [0.2, 0.25) is 0 Å². The smallest absolute Gasteiger partial charge is 0.0170 e. The lowest BCUT2D eigenvalue weighted by molar-refractivity contribution is 1.31. The Morgan fingerprint density at radius 1 is 1.40 bits per heavy atom. The lowest BCUT2D eigenvalue weighted by atomic mass is 10.1. The molecule has 0 atom stereocenters. The summed E-state index contributed by atoms with van der Waals surface area (Å²) in [6.07, 6.45) is 12.4. The Balaban J connectivity index is 2.25. The molecule has 0 aromatic heterocycles. The molecule has 1 aliphatic rings. The maximum absolute atomic E-state index is 5.23. The zero-order valence-electron chi connectivity index (χ0n) is 8.53. The molecule has 15 heavy (non-hydrogen) atoms. The summed E-state index contributed by atoms with van der Waals surface area (Å²) in [5, 5.41) is 0. The number of benzene rings is 1. The van der Waals surface area contributed by atoms with Crippen LogP contribution in [0.3, 0.4) is 0 Å². The van der Waals surface area contributed by atoms with E-state index in [-0.39, 0.29) is 0 Å². The second kappa shape index (κ2) is 4.02. The van der Waals surface area contributed by atoms with Gasteiger partial charge in [0.05, 0.1) is 0 Å². The monoisotopic (exact) mass is 192 g/mol. The van der Waals surface area contributed by atoms with Crippen LogP contribution in [0.25, 0.3) is 5.57 Å². The molecule has 0 bridgehead atoms. The molecule has 0 N–H and O–H groups in total. The van der Waals surface area contributed by atoms with Crippen LogP contribution in [0.1, 0.15) is 11.1 Å². The number of allylic oxidation sites excluding steroid dienone is 5. The van der Waals surface area contributed by atoms with Crippen LogP contribution in [-0.4, -0.2) is 0 Å². The topological polar surface area (TPSA) is 0 Å². The van der Waals surface area contributed by atoms with E-state index in [1.807, 2.05) is 12.2 Å². The fourth-order valence-corrected chi connectivity index (χ4v) is 1.71. The van der Waals surface area contributed by atoms with Crippen molar-refractivity contribution >= 4 is 5.57 Å². The van der Waals surface area contributed by atoms with Crippen LogP contribution < -0.4 is 0 Å². The maximum Gasteiger partial charge on any atom is 0.0170 e. The quantitative estimate of drug-likeness (QED) is 0.498. The van der Waals surface area contributed by atoms with Crippen molar-refractivity contribution in [1.29, 1.82) is 0 Å². The van der Waals surface area contributed by atoms with E-state index in [0.29, 0.717) is 5.57 Å². The van der Waals surface area contributed by atoms with Gasteiger partial charge in [-0.1, -0.05) is 48.9 Å². The standard InChI is InChI=1S/C15H12/c1-3-12(2)8-9-14-11-10-13-6-4-5-7-15(13)14/h1,4-9,11H,2,10H2/b9-8-. The van der Waals surface area contributed by atoms with E-state index in [9.17, 15) is 0 Å². The molecule has 72 valence electrons. The fourth-order valence-electron chi connectivity index (χ4n) is 1.71. The molecule has 0 saturated heterocycles. The van der Waals surface area contributed by atoms with Crippen molar-refractivity contribution in [3.63, 3.8) is 0 Å². The summed E-state index contributed by atoms with van der Waals surface area (Å²) in [7, 11) is 0. The number of terminal acetylenes is 1. The molecule has 0 saturated carbocycles. The van der Waals surface area contributed by atoms with Crippen molar-refractivity contribution in [2.45, 2.75) is 6.42 Å². The first-order valence-electron chi connectivity index (χ1n) is 4.93. The molecule has 1 aliphatic carbocycles. The van der Waals surface area contributed by atoms with Gasteiger partial charge >= 0.3 is 0 Å². The van der Waals surface area contributed by atoms with Crippen molar-refractivity contribution in [3.05, 3.63) is 65.8 Å². The Labute approximate surface area is 90.6 Å². The van der Waals surface area contributed by atoms with Gasteiger partial charge in [0.1, 0.15) is 0 Å². The zero-order valence-corrected chi connectivity index (χ0v) is 8.53.